The van der Waals surface area contributed by atoms with Crippen LogP contribution in [-0.2, 0) is 4.79 Å². The van der Waals surface area contributed by atoms with Crippen molar-refractivity contribution in [1.29, 1.82) is 0 Å². The number of aliphatic carboxylic acids is 1. The van der Waals surface area contributed by atoms with E-state index in [1.54, 1.807) is 0 Å². The van der Waals surface area contributed by atoms with Gasteiger partial charge in [0.1, 0.15) is 0 Å². The second-order valence-electron chi connectivity index (χ2n) is 18.3. The van der Waals surface area contributed by atoms with Crippen LogP contribution in [0.25, 0.3) is 0 Å². The molecule has 47 heavy (non-hydrogen) atoms. The lowest BCUT2D eigenvalue weighted by atomic mass is 9.46. The summed E-state index contributed by atoms with van der Waals surface area (Å²) in [5.41, 5.74) is 3.03. The fraction of sp³-hybridized carbons (Fsp3) is 0.889. The summed E-state index contributed by atoms with van der Waals surface area (Å²) in [7, 11) is 0. The average Bonchev–Trinajstić information content (AvgIpc) is 3.39. The standard InChI is InChI=1S/C45H78O2/c1-35(2)22-21-23-36(3)40-28-29-41-39-27-26-38-34-37(30-32-44(38,4)42(39)31-33-45(40,41)5)24-19-17-15-13-11-9-7-6-8-10-12-14-16-18-20-25-43(46)47/h6,8,26,35-37,39-42H,7,9-25,27-34H2,1-5H3,(H,46,47)/t36-,37?,39?,40-,41?,42?,44+,45-/m1/s1. The molecule has 0 aromatic carbocycles. The summed E-state index contributed by atoms with van der Waals surface area (Å²) in [6.45, 7) is 12.9. The largest absolute Gasteiger partial charge is 0.481 e. The van der Waals surface area contributed by atoms with Gasteiger partial charge in [-0.15, -0.1) is 0 Å². The fourth-order valence-corrected chi connectivity index (χ4v) is 11.7. The summed E-state index contributed by atoms with van der Waals surface area (Å²) in [5.74, 6) is 5.97. The quantitative estimate of drug-likeness (QED) is 0.0935. The lowest BCUT2D eigenvalue weighted by Gasteiger charge is -2.58. The van der Waals surface area contributed by atoms with E-state index in [2.05, 4.69) is 52.8 Å². The molecule has 2 heteroatoms. The Labute approximate surface area is 292 Å². The summed E-state index contributed by atoms with van der Waals surface area (Å²) in [5, 5.41) is 8.69. The molecule has 3 fully saturated rings. The van der Waals surface area contributed by atoms with Gasteiger partial charge in [0.25, 0.3) is 0 Å². The molecule has 0 aromatic rings. The van der Waals surface area contributed by atoms with E-state index >= 15 is 0 Å². The van der Waals surface area contributed by atoms with Gasteiger partial charge < -0.3 is 5.11 Å². The highest BCUT2D eigenvalue weighted by Crippen LogP contribution is 2.67. The Morgan fingerprint density at radius 1 is 0.787 bits per heavy atom. The van der Waals surface area contributed by atoms with Gasteiger partial charge in [0.15, 0.2) is 0 Å². The van der Waals surface area contributed by atoms with Gasteiger partial charge in [0.2, 0.25) is 0 Å². The monoisotopic (exact) mass is 651 g/mol. The molecule has 0 bridgehead atoms. The Morgan fingerprint density at radius 3 is 2.13 bits per heavy atom. The van der Waals surface area contributed by atoms with Crippen LogP contribution in [0.4, 0.5) is 0 Å². The van der Waals surface area contributed by atoms with Crippen LogP contribution in [0.2, 0.25) is 0 Å². The number of carboxylic acid groups (broad SMARTS) is 1. The minimum absolute atomic E-state index is 0.331. The normalized spacial score (nSPS) is 32.6. The molecule has 0 radical (unpaired) electrons. The van der Waals surface area contributed by atoms with Gasteiger partial charge in [-0.25, -0.2) is 0 Å². The fourth-order valence-electron chi connectivity index (χ4n) is 11.7. The number of fused-ring (bicyclic) bond motifs is 5. The number of hydrogen-bond acceptors (Lipinski definition) is 1. The van der Waals surface area contributed by atoms with Crippen LogP contribution < -0.4 is 0 Å². The molecule has 270 valence electrons. The third-order valence-electron chi connectivity index (χ3n) is 14.6. The Kier molecular flexibility index (Phi) is 16.0. The molecule has 0 aromatic heterocycles. The number of carboxylic acids is 1. The van der Waals surface area contributed by atoms with Crippen LogP contribution in [0.5, 0.6) is 0 Å². The van der Waals surface area contributed by atoms with E-state index in [4.69, 9.17) is 5.11 Å². The van der Waals surface area contributed by atoms with Crippen molar-refractivity contribution in [1.82, 2.24) is 0 Å². The Hall–Kier alpha value is -1.05. The van der Waals surface area contributed by atoms with E-state index in [0.29, 0.717) is 17.3 Å². The van der Waals surface area contributed by atoms with E-state index in [9.17, 15) is 4.79 Å². The molecule has 4 rings (SSSR count). The molecule has 4 aliphatic rings. The number of rotatable bonds is 22. The van der Waals surface area contributed by atoms with E-state index in [1.807, 2.05) is 5.57 Å². The number of unbranched alkanes of at least 4 members (excludes halogenated alkanes) is 11. The van der Waals surface area contributed by atoms with Crippen LogP contribution in [0.15, 0.2) is 23.8 Å². The summed E-state index contributed by atoms with van der Waals surface area (Å²) >= 11 is 0. The lowest BCUT2D eigenvalue weighted by Crippen LogP contribution is -2.50. The molecule has 2 nitrogen and oxygen atoms in total. The van der Waals surface area contributed by atoms with Crippen molar-refractivity contribution in [3.8, 4) is 0 Å². The second-order valence-corrected chi connectivity index (χ2v) is 18.3. The third-order valence-corrected chi connectivity index (χ3v) is 14.6. The first-order valence-electron chi connectivity index (χ1n) is 21.2. The second kappa shape index (κ2) is 19.4. The Balaban J connectivity index is 1.08. The highest BCUT2D eigenvalue weighted by atomic mass is 16.4. The van der Waals surface area contributed by atoms with E-state index in [1.165, 1.54) is 148 Å². The van der Waals surface area contributed by atoms with Crippen LogP contribution in [0.3, 0.4) is 0 Å². The van der Waals surface area contributed by atoms with Crippen molar-refractivity contribution in [3.63, 3.8) is 0 Å². The maximum atomic E-state index is 10.5. The number of hydrogen-bond donors (Lipinski definition) is 1. The molecule has 4 unspecified atom stereocenters. The topological polar surface area (TPSA) is 37.3 Å². The molecule has 0 heterocycles. The highest BCUT2D eigenvalue weighted by molar-refractivity contribution is 5.66. The van der Waals surface area contributed by atoms with Crippen molar-refractivity contribution in [2.24, 2.45) is 52.3 Å². The van der Waals surface area contributed by atoms with Crippen molar-refractivity contribution >= 4 is 5.97 Å². The zero-order chi connectivity index (χ0) is 33.7. The molecular formula is C45H78O2. The molecular weight excluding hydrogens is 572 g/mol. The molecule has 8 atom stereocenters. The van der Waals surface area contributed by atoms with Crippen LogP contribution in [0.1, 0.15) is 202 Å². The zero-order valence-corrected chi connectivity index (χ0v) is 32.0. The van der Waals surface area contributed by atoms with E-state index in [-0.39, 0.29) is 0 Å². The Bertz CT molecular complexity index is 976. The first-order chi connectivity index (χ1) is 22.6. The first-order valence-corrected chi connectivity index (χ1v) is 21.2. The van der Waals surface area contributed by atoms with Crippen molar-refractivity contribution in [2.45, 2.75) is 202 Å². The van der Waals surface area contributed by atoms with Gasteiger partial charge in [-0.2, -0.15) is 0 Å². The number of allylic oxidation sites excluding steroid dienone is 4. The van der Waals surface area contributed by atoms with Gasteiger partial charge >= 0.3 is 5.97 Å². The van der Waals surface area contributed by atoms with Crippen molar-refractivity contribution < 1.29 is 9.90 Å². The maximum Gasteiger partial charge on any atom is 0.303 e. The molecule has 0 spiro atoms. The van der Waals surface area contributed by atoms with Crippen molar-refractivity contribution in [3.05, 3.63) is 23.8 Å². The molecule has 4 aliphatic carbocycles. The minimum atomic E-state index is -0.657. The SMILES string of the molecule is CC(C)CCC[C@@H](C)[C@H]1CCC2C3CC=C4CC(CCCCCCCCC=CCCCCCCCC(=O)O)CC[C@]4(C)C3CC[C@@]21C. The van der Waals surface area contributed by atoms with Crippen LogP contribution >= 0.6 is 0 Å². The third kappa shape index (κ3) is 11.0. The van der Waals surface area contributed by atoms with Gasteiger partial charge in [-0.05, 0) is 136 Å². The van der Waals surface area contributed by atoms with E-state index < -0.39 is 5.97 Å². The van der Waals surface area contributed by atoms with Crippen LogP contribution in [-0.4, -0.2) is 11.1 Å². The zero-order valence-electron chi connectivity index (χ0n) is 32.0. The van der Waals surface area contributed by atoms with Crippen LogP contribution in [0, 0.1) is 52.3 Å². The molecule has 3 saturated carbocycles. The van der Waals surface area contributed by atoms with Gasteiger partial charge in [-0.1, -0.05) is 135 Å². The number of carbonyl (C=O) groups is 1. The first kappa shape index (κ1) is 38.7. The Morgan fingerprint density at radius 2 is 1.45 bits per heavy atom. The smallest absolute Gasteiger partial charge is 0.303 e. The summed E-state index contributed by atoms with van der Waals surface area (Å²) in [6.07, 6.45) is 42.1. The molecule has 0 aliphatic heterocycles. The van der Waals surface area contributed by atoms with E-state index in [0.717, 1.165) is 54.3 Å². The maximum absolute atomic E-state index is 10.5. The summed E-state index contributed by atoms with van der Waals surface area (Å²) in [6, 6.07) is 0. The lowest BCUT2D eigenvalue weighted by molar-refractivity contribution is -0.137. The highest BCUT2D eigenvalue weighted by Gasteiger charge is 2.59. The molecule has 0 amide bonds. The predicted octanol–water partition coefficient (Wildman–Crippen LogP) is 14.1. The summed E-state index contributed by atoms with van der Waals surface area (Å²) in [4.78, 5) is 10.5. The predicted molar refractivity (Wildman–Crippen MR) is 203 cm³/mol. The van der Waals surface area contributed by atoms with Gasteiger partial charge in [0.05, 0.1) is 0 Å². The van der Waals surface area contributed by atoms with Gasteiger partial charge in [0, 0.05) is 6.42 Å². The average molecular weight is 651 g/mol. The molecule has 0 saturated heterocycles. The summed E-state index contributed by atoms with van der Waals surface area (Å²) < 4.78 is 0. The molecule has 1 N–H and O–H groups in total. The van der Waals surface area contributed by atoms with Gasteiger partial charge in [-0.3, -0.25) is 4.79 Å². The van der Waals surface area contributed by atoms with Crippen molar-refractivity contribution in [2.75, 3.05) is 0 Å². The minimum Gasteiger partial charge on any atom is -0.481 e.